The molecule has 2 heterocycles. The fourth-order valence-electron chi connectivity index (χ4n) is 3.51. The molecular weight excluding hydrogens is 342 g/mol. The minimum absolute atomic E-state index is 0.155. The summed E-state index contributed by atoms with van der Waals surface area (Å²) in [4.78, 5) is 14.6. The van der Waals surface area contributed by atoms with Crippen LogP contribution in [0.1, 0.15) is 31.2 Å². The molecule has 0 bridgehead atoms. The molecule has 0 aliphatic carbocycles. The second kappa shape index (κ2) is 9.67. The lowest BCUT2D eigenvalue weighted by atomic mass is 10.0. The first-order valence-electron chi connectivity index (χ1n) is 9.69. The number of hydrogen-bond acceptors (Lipinski definition) is 5. The molecule has 1 fully saturated rings. The lowest BCUT2D eigenvalue weighted by Crippen LogP contribution is -2.31. The van der Waals surface area contributed by atoms with Crippen LogP contribution >= 0.6 is 0 Å². The van der Waals surface area contributed by atoms with Gasteiger partial charge < -0.3 is 14.4 Å². The molecule has 0 saturated carbocycles. The first-order chi connectivity index (χ1) is 13.2. The molecule has 6 nitrogen and oxygen atoms in total. The zero-order chi connectivity index (χ0) is 19.1. The quantitative estimate of drug-likeness (QED) is 0.668. The molecule has 1 saturated heterocycles. The first kappa shape index (κ1) is 19.6. The van der Waals surface area contributed by atoms with Crippen LogP contribution in [-0.2, 0) is 11.5 Å². The molecule has 1 aliphatic rings. The van der Waals surface area contributed by atoms with E-state index >= 15 is 0 Å². The Bertz CT molecular complexity index is 797. The van der Waals surface area contributed by atoms with E-state index in [9.17, 15) is 4.79 Å². The summed E-state index contributed by atoms with van der Waals surface area (Å²) in [7, 11) is 1.54. The highest BCUT2D eigenvalue weighted by Gasteiger charge is 2.10. The summed E-state index contributed by atoms with van der Waals surface area (Å²) in [6.45, 7) is 6.47. The van der Waals surface area contributed by atoms with E-state index in [4.69, 9.17) is 9.47 Å². The number of benzene rings is 1. The van der Waals surface area contributed by atoms with Crippen LogP contribution < -0.4 is 10.3 Å². The van der Waals surface area contributed by atoms with Gasteiger partial charge in [-0.25, -0.2) is 4.68 Å². The average Bonchev–Trinajstić information content (AvgIpc) is 2.68. The van der Waals surface area contributed by atoms with Gasteiger partial charge in [0, 0.05) is 25.3 Å². The van der Waals surface area contributed by atoms with Crippen molar-refractivity contribution in [2.24, 2.45) is 0 Å². The fraction of sp³-hybridized carbons (Fsp3) is 0.524. The maximum absolute atomic E-state index is 12.1. The number of methoxy groups -OCH3 is 1. The molecule has 1 aliphatic heterocycles. The maximum Gasteiger partial charge on any atom is 0.269 e. The highest BCUT2D eigenvalue weighted by atomic mass is 16.5. The Labute approximate surface area is 160 Å². The smallest absolute Gasteiger partial charge is 0.269 e. The zero-order valence-corrected chi connectivity index (χ0v) is 16.3. The van der Waals surface area contributed by atoms with Crippen molar-refractivity contribution in [3.63, 3.8) is 0 Å². The molecule has 6 heteroatoms. The molecule has 0 N–H and O–H groups in total. The summed E-state index contributed by atoms with van der Waals surface area (Å²) in [5.41, 5.74) is 2.69. The number of hydrogen-bond donors (Lipinski definition) is 0. The van der Waals surface area contributed by atoms with Crippen LogP contribution in [0.2, 0.25) is 0 Å². The zero-order valence-electron chi connectivity index (χ0n) is 16.3. The second-order valence-corrected chi connectivity index (χ2v) is 7.08. The number of rotatable bonds is 8. The highest BCUT2D eigenvalue weighted by Crippen LogP contribution is 2.25. The normalized spacial score (nSPS) is 15.0. The van der Waals surface area contributed by atoms with Crippen LogP contribution in [0.5, 0.6) is 5.75 Å². The number of aromatic nitrogens is 2. The van der Waals surface area contributed by atoms with Crippen molar-refractivity contribution in [3.8, 4) is 16.9 Å². The molecule has 27 heavy (non-hydrogen) atoms. The van der Waals surface area contributed by atoms with Crippen molar-refractivity contribution in [2.75, 3.05) is 33.4 Å². The fourth-order valence-corrected chi connectivity index (χ4v) is 3.51. The third-order valence-electron chi connectivity index (χ3n) is 4.97. The molecule has 1 aromatic carbocycles. The Hall–Kier alpha value is -2.18. The summed E-state index contributed by atoms with van der Waals surface area (Å²) in [6, 6.07) is 7.57. The Balaban J connectivity index is 1.57. The van der Waals surface area contributed by atoms with Crippen LogP contribution in [0.15, 0.2) is 35.3 Å². The Morgan fingerprint density at radius 2 is 1.96 bits per heavy atom. The lowest BCUT2D eigenvalue weighted by Gasteiger charge is -2.26. The number of ether oxygens (including phenoxy) is 2. The van der Waals surface area contributed by atoms with Gasteiger partial charge in [0.25, 0.3) is 5.56 Å². The number of nitrogens with zero attached hydrogens (tertiary/aromatic N) is 3. The SMILES string of the molecule is COCn1ncc(-c2ccc(OCCCN3CCCCC3)cc2C)cc1=O. The van der Waals surface area contributed by atoms with E-state index in [1.54, 1.807) is 12.3 Å². The van der Waals surface area contributed by atoms with Crippen LogP contribution in [0.25, 0.3) is 11.1 Å². The van der Waals surface area contributed by atoms with Crippen LogP contribution in [0, 0.1) is 6.92 Å². The average molecular weight is 371 g/mol. The number of piperidine rings is 1. The van der Waals surface area contributed by atoms with Gasteiger partial charge in [0.15, 0.2) is 0 Å². The highest BCUT2D eigenvalue weighted by molar-refractivity contribution is 5.66. The Morgan fingerprint density at radius 1 is 1.15 bits per heavy atom. The predicted molar refractivity (Wildman–Crippen MR) is 106 cm³/mol. The topological polar surface area (TPSA) is 56.6 Å². The van der Waals surface area contributed by atoms with Gasteiger partial charge in [-0.15, -0.1) is 0 Å². The first-order valence-corrected chi connectivity index (χ1v) is 9.69. The minimum Gasteiger partial charge on any atom is -0.494 e. The van der Waals surface area contributed by atoms with Crippen LogP contribution in [0.3, 0.4) is 0 Å². The molecule has 2 aromatic rings. The third kappa shape index (κ3) is 5.40. The minimum atomic E-state index is -0.174. The lowest BCUT2D eigenvalue weighted by molar-refractivity contribution is 0.116. The van der Waals surface area contributed by atoms with E-state index in [2.05, 4.69) is 10.00 Å². The van der Waals surface area contributed by atoms with Gasteiger partial charge >= 0.3 is 0 Å². The van der Waals surface area contributed by atoms with E-state index in [-0.39, 0.29) is 12.3 Å². The largest absolute Gasteiger partial charge is 0.494 e. The third-order valence-corrected chi connectivity index (χ3v) is 4.97. The second-order valence-electron chi connectivity index (χ2n) is 7.08. The summed E-state index contributed by atoms with van der Waals surface area (Å²) >= 11 is 0. The van der Waals surface area contributed by atoms with Crippen LogP contribution in [0.4, 0.5) is 0 Å². The molecule has 1 aromatic heterocycles. The van der Waals surface area contributed by atoms with E-state index in [0.29, 0.717) is 0 Å². The maximum atomic E-state index is 12.1. The molecule has 0 atom stereocenters. The molecule has 3 rings (SSSR count). The molecule has 0 spiro atoms. The van der Waals surface area contributed by atoms with Crippen molar-refractivity contribution >= 4 is 0 Å². The van der Waals surface area contributed by atoms with Crippen molar-refractivity contribution in [1.82, 2.24) is 14.7 Å². The summed E-state index contributed by atoms with van der Waals surface area (Å²) in [5.74, 6) is 0.871. The van der Waals surface area contributed by atoms with E-state index in [1.165, 1.54) is 44.1 Å². The van der Waals surface area contributed by atoms with Gasteiger partial charge in [0.1, 0.15) is 12.5 Å². The van der Waals surface area contributed by atoms with E-state index in [0.717, 1.165) is 42.0 Å². The number of aryl methyl sites for hydroxylation is 1. The Morgan fingerprint density at radius 3 is 2.67 bits per heavy atom. The van der Waals surface area contributed by atoms with Crippen LogP contribution in [-0.4, -0.2) is 48.0 Å². The van der Waals surface area contributed by atoms with E-state index in [1.807, 2.05) is 25.1 Å². The van der Waals surface area contributed by atoms with Gasteiger partial charge in [-0.1, -0.05) is 12.5 Å². The standard InChI is InChI=1S/C21H29N3O3/c1-17-13-19(27-12-6-11-23-9-4-3-5-10-23)7-8-20(17)18-14-21(25)24(16-26-2)22-15-18/h7-8,13-15H,3-6,9-12,16H2,1-2H3. The summed E-state index contributed by atoms with van der Waals surface area (Å²) in [5, 5.41) is 4.16. The van der Waals surface area contributed by atoms with Crippen molar-refractivity contribution in [3.05, 3.63) is 46.4 Å². The van der Waals surface area contributed by atoms with Crippen molar-refractivity contribution < 1.29 is 9.47 Å². The van der Waals surface area contributed by atoms with E-state index < -0.39 is 0 Å². The molecule has 0 amide bonds. The molecule has 0 radical (unpaired) electrons. The van der Waals surface area contributed by atoms with Gasteiger partial charge in [-0.05, 0) is 62.5 Å². The molecule has 146 valence electrons. The monoisotopic (exact) mass is 371 g/mol. The molecule has 0 unspecified atom stereocenters. The van der Waals surface area contributed by atoms with Crippen molar-refractivity contribution in [1.29, 1.82) is 0 Å². The predicted octanol–water partition coefficient (Wildman–Crippen LogP) is 3.08. The Kier molecular flexibility index (Phi) is 7.01. The molecular formula is C21H29N3O3. The summed E-state index contributed by atoms with van der Waals surface area (Å²) < 4.78 is 12.2. The van der Waals surface area contributed by atoms with Gasteiger partial charge in [0.2, 0.25) is 0 Å². The van der Waals surface area contributed by atoms with Gasteiger partial charge in [-0.3, -0.25) is 4.79 Å². The van der Waals surface area contributed by atoms with Crippen molar-refractivity contribution in [2.45, 2.75) is 39.3 Å². The van der Waals surface area contributed by atoms with Gasteiger partial charge in [-0.2, -0.15) is 5.10 Å². The number of likely N-dealkylation sites (tertiary alicyclic amines) is 1. The van der Waals surface area contributed by atoms with Gasteiger partial charge in [0.05, 0.1) is 12.8 Å². The summed E-state index contributed by atoms with van der Waals surface area (Å²) in [6.07, 6.45) is 6.76.